The molecule has 27 heavy (non-hydrogen) atoms. The molecule has 0 bridgehead atoms. The van der Waals surface area contributed by atoms with E-state index in [1.165, 1.54) is 0 Å². The van der Waals surface area contributed by atoms with E-state index in [-0.39, 0.29) is 10.8 Å². The first-order valence-electron chi connectivity index (χ1n) is 8.89. The lowest BCUT2D eigenvalue weighted by Crippen LogP contribution is -2.28. The van der Waals surface area contributed by atoms with E-state index in [4.69, 9.17) is 4.52 Å². The van der Waals surface area contributed by atoms with Crippen LogP contribution in [-0.2, 0) is 16.4 Å². The van der Waals surface area contributed by atoms with Crippen LogP contribution >= 0.6 is 0 Å². The second-order valence-corrected chi connectivity index (χ2v) is 8.24. The van der Waals surface area contributed by atoms with E-state index >= 15 is 0 Å². The number of hydrogen-bond acceptors (Lipinski definition) is 5. The molecule has 1 heterocycles. The molecule has 1 aromatic heterocycles. The predicted molar refractivity (Wildman–Crippen MR) is 104 cm³/mol. The predicted octanol–water partition coefficient (Wildman–Crippen LogP) is 3.69. The van der Waals surface area contributed by atoms with Crippen LogP contribution in [0.4, 0.5) is 0 Å². The fourth-order valence-electron chi connectivity index (χ4n) is 2.76. The fourth-order valence-corrected chi connectivity index (χ4v) is 4.16. The van der Waals surface area contributed by atoms with Crippen LogP contribution in [0.25, 0.3) is 11.4 Å². The maximum atomic E-state index is 12.9. The van der Waals surface area contributed by atoms with Crippen LogP contribution in [-0.4, -0.2) is 25.1 Å². The van der Waals surface area contributed by atoms with Crippen molar-refractivity contribution >= 4 is 10.0 Å². The minimum atomic E-state index is -3.66. The van der Waals surface area contributed by atoms with Gasteiger partial charge in [-0.05, 0) is 30.0 Å². The second kappa shape index (κ2) is 8.02. The van der Waals surface area contributed by atoms with Gasteiger partial charge in [-0.1, -0.05) is 61.5 Å². The molecule has 0 spiro atoms. The van der Waals surface area contributed by atoms with Crippen molar-refractivity contribution in [2.75, 3.05) is 6.54 Å². The summed E-state index contributed by atoms with van der Waals surface area (Å²) >= 11 is 0. The van der Waals surface area contributed by atoms with Crippen molar-refractivity contribution in [2.24, 2.45) is 0 Å². The SMILES string of the molecule is CCc1nc(-c2ccc(C)c(S(=O)(=O)NC[C@@H](C)c3ccccc3)c2)no1. The molecule has 3 rings (SSSR count). The smallest absolute Gasteiger partial charge is 0.240 e. The molecule has 0 unspecified atom stereocenters. The minimum Gasteiger partial charge on any atom is -0.339 e. The minimum absolute atomic E-state index is 0.0637. The van der Waals surface area contributed by atoms with Crippen LogP contribution in [0.2, 0.25) is 0 Å². The van der Waals surface area contributed by atoms with E-state index in [0.29, 0.717) is 35.8 Å². The summed E-state index contributed by atoms with van der Waals surface area (Å²) in [7, 11) is -3.66. The Morgan fingerprint density at radius 1 is 1.15 bits per heavy atom. The molecule has 0 radical (unpaired) electrons. The van der Waals surface area contributed by atoms with Gasteiger partial charge in [0, 0.05) is 18.5 Å². The number of nitrogens with zero attached hydrogens (tertiary/aromatic N) is 2. The third kappa shape index (κ3) is 4.43. The standard InChI is InChI=1S/C20H23N3O3S/c1-4-19-22-20(23-26-19)17-11-10-14(2)18(12-17)27(24,25)21-13-15(3)16-8-6-5-7-9-16/h5-12,15,21H,4,13H2,1-3H3/t15-/m1/s1. The van der Waals surface area contributed by atoms with Gasteiger partial charge < -0.3 is 4.52 Å². The summed E-state index contributed by atoms with van der Waals surface area (Å²) in [6.45, 7) is 6.00. The van der Waals surface area contributed by atoms with E-state index in [1.54, 1.807) is 25.1 Å². The molecule has 6 nitrogen and oxygen atoms in total. The molecule has 7 heteroatoms. The van der Waals surface area contributed by atoms with Crippen molar-refractivity contribution in [3.05, 3.63) is 65.5 Å². The van der Waals surface area contributed by atoms with Gasteiger partial charge in [-0.3, -0.25) is 0 Å². The van der Waals surface area contributed by atoms with E-state index in [9.17, 15) is 8.42 Å². The fraction of sp³-hybridized carbons (Fsp3) is 0.300. The highest BCUT2D eigenvalue weighted by Crippen LogP contribution is 2.24. The summed E-state index contributed by atoms with van der Waals surface area (Å²) in [6.07, 6.45) is 0.628. The van der Waals surface area contributed by atoms with Crippen LogP contribution < -0.4 is 4.72 Å². The lowest BCUT2D eigenvalue weighted by molar-refractivity contribution is 0.383. The van der Waals surface area contributed by atoms with Gasteiger partial charge in [0.05, 0.1) is 4.90 Å². The Balaban J connectivity index is 1.82. The first-order valence-corrected chi connectivity index (χ1v) is 10.4. The van der Waals surface area contributed by atoms with Crippen molar-refractivity contribution in [1.29, 1.82) is 0 Å². The summed E-state index contributed by atoms with van der Waals surface area (Å²) in [5.74, 6) is 0.972. The maximum absolute atomic E-state index is 12.9. The average molecular weight is 385 g/mol. The molecular formula is C20H23N3O3S. The number of hydrogen-bond donors (Lipinski definition) is 1. The largest absolute Gasteiger partial charge is 0.339 e. The number of aromatic nitrogens is 2. The maximum Gasteiger partial charge on any atom is 0.240 e. The number of rotatable bonds is 7. The number of nitrogens with one attached hydrogen (secondary N) is 1. The van der Waals surface area contributed by atoms with Gasteiger partial charge in [0.1, 0.15) is 0 Å². The van der Waals surface area contributed by atoms with Crippen LogP contribution in [0, 0.1) is 6.92 Å². The zero-order chi connectivity index (χ0) is 19.4. The zero-order valence-electron chi connectivity index (χ0n) is 15.6. The molecule has 0 amide bonds. The Morgan fingerprint density at radius 3 is 2.56 bits per heavy atom. The first-order chi connectivity index (χ1) is 12.9. The molecule has 2 aromatic carbocycles. The highest BCUT2D eigenvalue weighted by Gasteiger charge is 2.20. The van der Waals surface area contributed by atoms with Crippen molar-refractivity contribution in [1.82, 2.24) is 14.9 Å². The van der Waals surface area contributed by atoms with E-state index in [0.717, 1.165) is 5.56 Å². The number of aryl methyl sites for hydroxylation is 2. The van der Waals surface area contributed by atoms with Gasteiger partial charge in [-0.2, -0.15) is 4.98 Å². The number of sulfonamides is 1. The van der Waals surface area contributed by atoms with Crippen LogP contribution in [0.5, 0.6) is 0 Å². The van der Waals surface area contributed by atoms with Gasteiger partial charge >= 0.3 is 0 Å². The Kier molecular flexibility index (Phi) is 5.72. The molecule has 1 atom stereocenters. The van der Waals surface area contributed by atoms with Crippen molar-refractivity contribution in [3.8, 4) is 11.4 Å². The Labute approximate surface area is 159 Å². The average Bonchev–Trinajstić information content (AvgIpc) is 3.16. The topological polar surface area (TPSA) is 85.1 Å². The first kappa shape index (κ1) is 19.3. The van der Waals surface area contributed by atoms with Gasteiger partial charge in [0.2, 0.25) is 21.7 Å². The second-order valence-electron chi connectivity index (χ2n) is 6.51. The molecule has 0 aliphatic rings. The highest BCUT2D eigenvalue weighted by molar-refractivity contribution is 7.89. The summed E-state index contributed by atoms with van der Waals surface area (Å²) in [6, 6.07) is 15.0. The molecule has 0 aliphatic carbocycles. The van der Waals surface area contributed by atoms with Crippen molar-refractivity contribution in [3.63, 3.8) is 0 Å². The van der Waals surface area contributed by atoms with E-state index < -0.39 is 10.0 Å². The molecule has 3 aromatic rings. The summed E-state index contributed by atoms with van der Waals surface area (Å²) in [4.78, 5) is 4.50. The van der Waals surface area contributed by atoms with Crippen LogP contribution in [0.15, 0.2) is 57.9 Å². The molecular weight excluding hydrogens is 362 g/mol. The lowest BCUT2D eigenvalue weighted by atomic mass is 10.0. The normalized spacial score (nSPS) is 12.9. The molecule has 142 valence electrons. The van der Waals surface area contributed by atoms with Gasteiger partial charge in [0.15, 0.2) is 0 Å². The molecule has 1 N–H and O–H groups in total. The van der Waals surface area contributed by atoms with E-state index in [2.05, 4.69) is 14.9 Å². The van der Waals surface area contributed by atoms with E-state index in [1.807, 2.05) is 44.2 Å². The van der Waals surface area contributed by atoms with Crippen molar-refractivity contribution < 1.29 is 12.9 Å². The monoisotopic (exact) mass is 385 g/mol. The Morgan fingerprint density at radius 2 is 1.89 bits per heavy atom. The number of benzene rings is 2. The molecule has 0 saturated heterocycles. The Bertz CT molecular complexity index is 1010. The molecule has 0 saturated carbocycles. The molecule has 0 aliphatic heterocycles. The van der Waals surface area contributed by atoms with Gasteiger partial charge in [-0.25, -0.2) is 13.1 Å². The van der Waals surface area contributed by atoms with Gasteiger partial charge in [0.25, 0.3) is 0 Å². The molecule has 0 fully saturated rings. The highest BCUT2D eigenvalue weighted by atomic mass is 32.2. The van der Waals surface area contributed by atoms with Crippen LogP contribution in [0.3, 0.4) is 0 Å². The third-order valence-corrected chi connectivity index (χ3v) is 6.02. The zero-order valence-corrected chi connectivity index (χ0v) is 16.5. The third-order valence-electron chi connectivity index (χ3n) is 4.45. The quantitative estimate of drug-likeness (QED) is 0.670. The lowest BCUT2D eigenvalue weighted by Gasteiger charge is -2.15. The summed E-state index contributed by atoms with van der Waals surface area (Å²) < 4.78 is 33.6. The summed E-state index contributed by atoms with van der Waals surface area (Å²) in [5, 5.41) is 3.92. The van der Waals surface area contributed by atoms with Crippen molar-refractivity contribution in [2.45, 2.75) is 38.0 Å². The van der Waals surface area contributed by atoms with Crippen LogP contribution in [0.1, 0.15) is 36.8 Å². The van der Waals surface area contributed by atoms with Gasteiger partial charge in [-0.15, -0.1) is 0 Å². The Hall–Kier alpha value is -2.51. The summed E-state index contributed by atoms with van der Waals surface area (Å²) in [5.41, 5.74) is 2.36.